The lowest BCUT2D eigenvalue weighted by atomic mass is 9.95. The molecule has 2 aromatic rings. The summed E-state index contributed by atoms with van der Waals surface area (Å²) in [5.41, 5.74) is 2.11. The van der Waals surface area contributed by atoms with E-state index in [0.717, 1.165) is 36.5 Å². The van der Waals surface area contributed by atoms with Crippen molar-refractivity contribution < 1.29 is 4.79 Å². The van der Waals surface area contributed by atoms with Crippen LogP contribution < -0.4 is 10.2 Å². The van der Waals surface area contributed by atoms with Crippen molar-refractivity contribution in [2.75, 3.05) is 18.0 Å². The summed E-state index contributed by atoms with van der Waals surface area (Å²) in [6.45, 7) is 4.76. The first kappa shape index (κ1) is 16.5. The highest BCUT2D eigenvalue weighted by molar-refractivity contribution is 5.83. The molecule has 1 aromatic heterocycles. The molecule has 2 heterocycles. The smallest absolute Gasteiger partial charge is 0.227 e. The van der Waals surface area contributed by atoms with Crippen molar-refractivity contribution in [2.24, 2.45) is 0 Å². The lowest BCUT2D eigenvalue weighted by Gasteiger charge is -2.17. The predicted molar refractivity (Wildman–Crippen MR) is 97.0 cm³/mol. The van der Waals surface area contributed by atoms with Crippen molar-refractivity contribution in [3.05, 3.63) is 59.8 Å². The molecule has 0 spiro atoms. The number of anilines is 1. The Kier molecular flexibility index (Phi) is 5.47. The van der Waals surface area contributed by atoms with Crippen molar-refractivity contribution in [1.82, 2.24) is 10.3 Å². The van der Waals surface area contributed by atoms with E-state index >= 15 is 0 Å². The van der Waals surface area contributed by atoms with E-state index in [1.165, 1.54) is 12.8 Å². The summed E-state index contributed by atoms with van der Waals surface area (Å²) in [6.07, 6.45) is 5.16. The molecule has 0 radical (unpaired) electrons. The monoisotopic (exact) mass is 323 g/mol. The van der Waals surface area contributed by atoms with E-state index in [9.17, 15) is 4.79 Å². The fraction of sp³-hybridized carbons (Fsp3) is 0.400. The summed E-state index contributed by atoms with van der Waals surface area (Å²) in [4.78, 5) is 19.3. The van der Waals surface area contributed by atoms with Gasteiger partial charge in [0.15, 0.2) is 0 Å². The minimum Gasteiger partial charge on any atom is -0.357 e. The number of hydrogen-bond acceptors (Lipinski definition) is 3. The summed E-state index contributed by atoms with van der Waals surface area (Å²) in [6, 6.07) is 14.1. The molecule has 1 aliphatic heterocycles. The maximum atomic E-state index is 12.5. The molecule has 1 aliphatic rings. The minimum absolute atomic E-state index is 0.0762. The summed E-state index contributed by atoms with van der Waals surface area (Å²) in [5, 5.41) is 3.04. The van der Waals surface area contributed by atoms with Gasteiger partial charge in [-0.25, -0.2) is 4.98 Å². The largest absolute Gasteiger partial charge is 0.357 e. The average molecular weight is 323 g/mol. The van der Waals surface area contributed by atoms with Crippen LogP contribution in [0.1, 0.15) is 43.2 Å². The number of benzene rings is 1. The lowest BCUT2D eigenvalue weighted by molar-refractivity contribution is -0.122. The lowest BCUT2D eigenvalue weighted by Crippen LogP contribution is -2.28. The zero-order valence-corrected chi connectivity index (χ0v) is 14.2. The number of rotatable bonds is 6. The first-order valence-corrected chi connectivity index (χ1v) is 8.80. The van der Waals surface area contributed by atoms with Gasteiger partial charge in [0.1, 0.15) is 5.82 Å². The fourth-order valence-electron chi connectivity index (χ4n) is 3.22. The van der Waals surface area contributed by atoms with Crippen LogP contribution in [-0.4, -0.2) is 24.0 Å². The minimum atomic E-state index is -0.0944. The van der Waals surface area contributed by atoms with E-state index in [0.29, 0.717) is 6.54 Å². The van der Waals surface area contributed by atoms with Crippen LogP contribution in [0.2, 0.25) is 0 Å². The predicted octanol–water partition coefficient (Wildman–Crippen LogP) is 3.49. The molecule has 4 heteroatoms. The number of nitrogens with one attached hydrogen (secondary N) is 1. The third-order valence-corrected chi connectivity index (χ3v) is 4.63. The van der Waals surface area contributed by atoms with Gasteiger partial charge in [-0.05, 0) is 36.5 Å². The second kappa shape index (κ2) is 7.95. The van der Waals surface area contributed by atoms with Gasteiger partial charge in [-0.1, -0.05) is 43.3 Å². The standard InChI is InChI=1S/C20H25N3O/c1-2-18(17-8-4-3-5-9-17)20(24)22-15-16-10-11-19(21-14-16)23-12-6-7-13-23/h3-5,8-11,14,18H,2,6-7,12-13,15H2,1H3,(H,22,24). The molecular weight excluding hydrogens is 298 g/mol. The number of hydrogen-bond donors (Lipinski definition) is 1. The molecule has 1 aromatic carbocycles. The van der Waals surface area contributed by atoms with Crippen LogP contribution in [-0.2, 0) is 11.3 Å². The maximum absolute atomic E-state index is 12.5. The topological polar surface area (TPSA) is 45.2 Å². The van der Waals surface area contributed by atoms with Crippen LogP contribution in [0.4, 0.5) is 5.82 Å². The van der Waals surface area contributed by atoms with Crippen LogP contribution in [0, 0.1) is 0 Å². The third-order valence-electron chi connectivity index (χ3n) is 4.63. The highest BCUT2D eigenvalue weighted by Gasteiger charge is 2.18. The van der Waals surface area contributed by atoms with E-state index in [1.807, 2.05) is 43.5 Å². The Morgan fingerprint density at radius 1 is 1.17 bits per heavy atom. The molecule has 0 bridgehead atoms. The third kappa shape index (κ3) is 3.94. The van der Waals surface area contributed by atoms with Crippen LogP contribution in [0.25, 0.3) is 0 Å². The highest BCUT2D eigenvalue weighted by Crippen LogP contribution is 2.20. The Morgan fingerprint density at radius 2 is 1.92 bits per heavy atom. The Hall–Kier alpha value is -2.36. The first-order chi connectivity index (χ1) is 11.8. The molecule has 1 fully saturated rings. The molecular formula is C20H25N3O. The van der Waals surface area contributed by atoms with Gasteiger partial charge in [-0.15, -0.1) is 0 Å². The first-order valence-electron chi connectivity index (χ1n) is 8.80. The molecule has 1 N–H and O–H groups in total. The molecule has 1 saturated heterocycles. The van der Waals surface area contributed by atoms with Crippen LogP contribution in [0.5, 0.6) is 0 Å². The Labute approximate surface area is 143 Å². The van der Waals surface area contributed by atoms with Gasteiger partial charge < -0.3 is 10.2 Å². The van der Waals surface area contributed by atoms with Crippen molar-refractivity contribution >= 4 is 11.7 Å². The molecule has 4 nitrogen and oxygen atoms in total. The number of carbonyl (C=O) groups is 1. The number of amides is 1. The molecule has 0 aliphatic carbocycles. The van der Waals surface area contributed by atoms with E-state index < -0.39 is 0 Å². The van der Waals surface area contributed by atoms with Crippen LogP contribution in [0.3, 0.4) is 0 Å². The summed E-state index contributed by atoms with van der Waals surface area (Å²) in [5.74, 6) is 1.02. The number of nitrogens with zero attached hydrogens (tertiary/aromatic N) is 2. The summed E-state index contributed by atoms with van der Waals surface area (Å²) < 4.78 is 0. The van der Waals surface area contributed by atoms with Crippen molar-refractivity contribution in [3.63, 3.8) is 0 Å². The van der Waals surface area contributed by atoms with Gasteiger partial charge in [-0.3, -0.25) is 4.79 Å². The van der Waals surface area contributed by atoms with Gasteiger partial charge in [0.25, 0.3) is 0 Å². The fourth-order valence-corrected chi connectivity index (χ4v) is 3.22. The van der Waals surface area contributed by atoms with Crippen LogP contribution >= 0.6 is 0 Å². The SMILES string of the molecule is CCC(C(=O)NCc1ccc(N2CCCC2)nc1)c1ccccc1. The van der Waals surface area contributed by atoms with Crippen molar-refractivity contribution in [3.8, 4) is 0 Å². The molecule has 1 unspecified atom stereocenters. The molecule has 24 heavy (non-hydrogen) atoms. The maximum Gasteiger partial charge on any atom is 0.227 e. The molecule has 1 atom stereocenters. The Morgan fingerprint density at radius 3 is 2.54 bits per heavy atom. The van der Waals surface area contributed by atoms with Gasteiger partial charge in [-0.2, -0.15) is 0 Å². The van der Waals surface area contributed by atoms with E-state index in [-0.39, 0.29) is 11.8 Å². The van der Waals surface area contributed by atoms with Crippen LogP contribution in [0.15, 0.2) is 48.7 Å². The van der Waals surface area contributed by atoms with Crippen molar-refractivity contribution in [2.45, 2.75) is 38.6 Å². The molecule has 3 rings (SSSR count). The molecule has 126 valence electrons. The van der Waals surface area contributed by atoms with E-state index in [1.54, 1.807) is 0 Å². The van der Waals surface area contributed by atoms with Gasteiger partial charge in [0.05, 0.1) is 5.92 Å². The number of pyridine rings is 1. The van der Waals surface area contributed by atoms with E-state index in [4.69, 9.17) is 0 Å². The van der Waals surface area contributed by atoms with Crippen molar-refractivity contribution in [1.29, 1.82) is 0 Å². The quantitative estimate of drug-likeness (QED) is 0.885. The summed E-state index contributed by atoms with van der Waals surface area (Å²) in [7, 11) is 0. The number of aromatic nitrogens is 1. The second-order valence-electron chi connectivity index (χ2n) is 6.31. The normalized spacial score (nSPS) is 15.3. The van der Waals surface area contributed by atoms with Gasteiger partial charge >= 0.3 is 0 Å². The Bertz CT molecular complexity index is 648. The van der Waals surface area contributed by atoms with Gasteiger partial charge in [0.2, 0.25) is 5.91 Å². The molecule has 1 amide bonds. The highest BCUT2D eigenvalue weighted by atomic mass is 16.1. The molecule has 0 saturated carbocycles. The van der Waals surface area contributed by atoms with E-state index in [2.05, 4.69) is 27.3 Å². The zero-order valence-electron chi connectivity index (χ0n) is 14.2. The zero-order chi connectivity index (χ0) is 16.8. The Balaban J connectivity index is 1.57. The average Bonchev–Trinajstić information content (AvgIpc) is 3.17. The summed E-state index contributed by atoms with van der Waals surface area (Å²) >= 11 is 0. The number of carbonyl (C=O) groups excluding carboxylic acids is 1. The second-order valence-corrected chi connectivity index (χ2v) is 6.31. The van der Waals surface area contributed by atoms with Gasteiger partial charge in [0, 0.05) is 25.8 Å².